The Balaban J connectivity index is 0.00000300. The first-order valence-corrected chi connectivity index (χ1v) is 9.62. The Morgan fingerprint density at radius 3 is 2.52 bits per heavy atom. The molecule has 9 heteroatoms. The zero-order valence-electron chi connectivity index (χ0n) is 17.0. The van der Waals surface area contributed by atoms with Crippen molar-refractivity contribution in [1.82, 2.24) is 20.2 Å². The first kappa shape index (κ1) is 23.0. The number of piperazine rings is 1. The summed E-state index contributed by atoms with van der Waals surface area (Å²) < 4.78 is 11.0. The fourth-order valence-corrected chi connectivity index (χ4v) is 3.00. The average Bonchev–Trinajstić information content (AvgIpc) is 2.77. The molecule has 0 bridgehead atoms. The minimum atomic E-state index is 0. The highest BCUT2D eigenvalue weighted by Gasteiger charge is 2.20. The van der Waals surface area contributed by atoms with Crippen molar-refractivity contribution in [3.05, 3.63) is 42.7 Å². The van der Waals surface area contributed by atoms with E-state index in [1.165, 1.54) is 0 Å². The standard InChI is InChI=1S/C20H28N6O2.HI/c1-3-21-19(24-10-15-28-18-7-4-6-17(16-18)27-2)25-11-13-26(14-12-25)20-22-8-5-9-23-20;/h4-9,16H,3,10-15H2,1-2H3,(H,21,24);1H. The Morgan fingerprint density at radius 1 is 1.10 bits per heavy atom. The molecule has 0 spiro atoms. The number of hydrogen-bond acceptors (Lipinski definition) is 6. The summed E-state index contributed by atoms with van der Waals surface area (Å²) in [5.41, 5.74) is 0. The summed E-state index contributed by atoms with van der Waals surface area (Å²) in [5.74, 6) is 3.28. The number of anilines is 1. The summed E-state index contributed by atoms with van der Waals surface area (Å²) in [4.78, 5) is 17.9. The maximum Gasteiger partial charge on any atom is 0.225 e. The van der Waals surface area contributed by atoms with E-state index in [4.69, 9.17) is 14.5 Å². The predicted molar refractivity (Wildman–Crippen MR) is 126 cm³/mol. The highest BCUT2D eigenvalue weighted by Crippen LogP contribution is 2.18. The molecule has 158 valence electrons. The Kier molecular flexibility index (Phi) is 9.75. The molecule has 1 aliphatic heterocycles. The number of guanidine groups is 1. The topological polar surface area (TPSA) is 75.1 Å². The van der Waals surface area contributed by atoms with Gasteiger partial charge in [0.25, 0.3) is 0 Å². The lowest BCUT2D eigenvalue weighted by Gasteiger charge is -2.36. The van der Waals surface area contributed by atoms with Crippen LogP contribution in [-0.2, 0) is 0 Å². The number of aliphatic imine (C=N–C) groups is 1. The van der Waals surface area contributed by atoms with Crippen LogP contribution >= 0.6 is 24.0 Å². The zero-order valence-corrected chi connectivity index (χ0v) is 19.3. The fourth-order valence-electron chi connectivity index (χ4n) is 3.00. The van der Waals surface area contributed by atoms with Crippen LogP contribution in [-0.4, -0.2) is 73.8 Å². The van der Waals surface area contributed by atoms with Gasteiger partial charge in [-0.3, -0.25) is 0 Å². The van der Waals surface area contributed by atoms with Gasteiger partial charge in [-0.1, -0.05) is 6.07 Å². The lowest BCUT2D eigenvalue weighted by molar-refractivity contribution is 0.322. The van der Waals surface area contributed by atoms with Gasteiger partial charge in [-0.15, -0.1) is 24.0 Å². The molecule has 1 fully saturated rings. The van der Waals surface area contributed by atoms with Crippen molar-refractivity contribution in [2.75, 3.05) is 57.9 Å². The normalized spacial score (nSPS) is 14.2. The number of nitrogens with one attached hydrogen (secondary N) is 1. The van der Waals surface area contributed by atoms with Crippen LogP contribution in [0.5, 0.6) is 11.5 Å². The molecule has 0 saturated carbocycles. The molecule has 1 aliphatic rings. The summed E-state index contributed by atoms with van der Waals surface area (Å²) in [6, 6.07) is 9.44. The van der Waals surface area contributed by atoms with Crippen LogP contribution < -0.4 is 19.7 Å². The van der Waals surface area contributed by atoms with Crippen LogP contribution in [0.15, 0.2) is 47.7 Å². The number of halogens is 1. The van der Waals surface area contributed by atoms with Crippen molar-refractivity contribution < 1.29 is 9.47 Å². The first-order valence-electron chi connectivity index (χ1n) is 9.62. The van der Waals surface area contributed by atoms with Crippen molar-refractivity contribution in [3.8, 4) is 11.5 Å². The maximum atomic E-state index is 5.78. The van der Waals surface area contributed by atoms with Gasteiger partial charge in [0.15, 0.2) is 5.96 Å². The van der Waals surface area contributed by atoms with Crippen LogP contribution in [0.1, 0.15) is 6.92 Å². The minimum Gasteiger partial charge on any atom is -0.497 e. The van der Waals surface area contributed by atoms with Gasteiger partial charge in [0.1, 0.15) is 18.1 Å². The molecular weight excluding hydrogens is 483 g/mol. The second kappa shape index (κ2) is 12.3. The van der Waals surface area contributed by atoms with Gasteiger partial charge < -0.3 is 24.6 Å². The number of nitrogens with zero attached hydrogens (tertiary/aromatic N) is 5. The fraction of sp³-hybridized carbons (Fsp3) is 0.450. The summed E-state index contributed by atoms with van der Waals surface area (Å²) in [6.45, 7) is 7.50. The van der Waals surface area contributed by atoms with E-state index in [1.807, 2.05) is 30.3 Å². The number of benzene rings is 1. The van der Waals surface area contributed by atoms with Gasteiger partial charge in [0, 0.05) is 51.2 Å². The van der Waals surface area contributed by atoms with Crippen molar-refractivity contribution in [2.45, 2.75) is 6.92 Å². The zero-order chi connectivity index (χ0) is 19.6. The van der Waals surface area contributed by atoms with Crippen LogP contribution in [0, 0.1) is 0 Å². The number of hydrogen-bond donors (Lipinski definition) is 1. The lowest BCUT2D eigenvalue weighted by Crippen LogP contribution is -2.53. The van der Waals surface area contributed by atoms with Gasteiger partial charge in [-0.05, 0) is 25.1 Å². The highest BCUT2D eigenvalue weighted by atomic mass is 127. The molecule has 0 aliphatic carbocycles. The van der Waals surface area contributed by atoms with Crippen LogP contribution in [0.4, 0.5) is 5.95 Å². The number of ether oxygens (including phenoxy) is 2. The Labute approximate surface area is 189 Å². The monoisotopic (exact) mass is 512 g/mol. The molecule has 1 aromatic carbocycles. The average molecular weight is 512 g/mol. The molecule has 2 aromatic rings. The van der Waals surface area contributed by atoms with E-state index in [0.717, 1.165) is 56.1 Å². The molecule has 0 radical (unpaired) electrons. The lowest BCUT2D eigenvalue weighted by atomic mass is 10.3. The van der Waals surface area contributed by atoms with E-state index in [9.17, 15) is 0 Å². The molecular formula is C20H29IN6O2. The third-order valence-corrected chi connectivity index (χ3v) is 4.41. The van der Waals surface area contributed by atoms with E-state index < -0.39 is 0 Å². The van der Waals surface area contributed by atoms with Gasteiger partial charge in [-0.2, -0.15) is 0 Å². The molecule has 8 nitrogen and oxygen atoms in total. The quantitative estimate of drug-likeness (QED) is 0.264. The third-order valence-electron chi connectivity index (χ3n) is 4.41. The molecule has 1 aromatic heterocycles. The molecule has 3 rings (SSSR count). The molecule has 0 amide bonds. The van der Waals surface area contributed by atoms with E-state index in [2.05, 4.69) is 32.0 Å². The molecule has 0 atom stereocenters. The van der Waals surface area contributed by atoms with Gasteiger partial charge in [0.05, 0.1) is 13.7 Å². The molecule has 29 heavy (non-hydrogen) atoms. The van der Waals surface area contributed by atoms with E-state index >= 15 is 0 Å². The summed E-state index contributed by atoms with van der Waals surface area (Å²) in [6.07, 6.45) is 3.56. The van der Waals surface area contributed by atoms with Crippen LogP contribution in [0.2, 0.25) is 0 Å². The number of methoxy groups -OCH3 is 1. The molecule has 0 unspecified atom stereocenters. The molecule has 1 N–H and O–H groups in total. The number of aromatic nitrogens is 2. The van der Waals surface area contributed by atoms with E-state index in [0.29, 0.717) is 13.2 Å². The smallest absolute Gasteiger partial charge is 0.225 e. The van der Waals surface area contributed by atoms with E-state index in [-0.39, 0.29) is 24.0 Å². The van der Waals surface area contributed by atoms with Crippen molar-refractivity contribution >= 4 is 35.9 Å². The van der Waals surface area contributed by atoms with Crippen molar-refractivity contribution in [1.29, 1.82) is 0 Å². The molecule has 2 heterocycles. The Bertz CT molecular complexity index is 754. The molecule has 1 saturated heterocycles. The summed E-state index contributed by atoms with van der Waals surface area (Å²) >= 11 is 0. The predicted octanol–water partition coefficient (Wildman–Crippen LogP) is 2.27. The third kappa shape index (κ3) is 6.91. The van der Waals surface area contributed by atoms with Gasteiger partial charge >= 0.3 is 0 Å². The van der Waals surface area contributed by atoms with Crippen molar-refractivity contribution in [2.24, 2.45) is 4.99 Å². The SMILES string of the molecule is CCNC(=NCCOc1cccc(OC)c1)N1CCN(c2ncccn2)CC1.I. The second-order valence-electron chi connectivity index (χ2n) is 6.29. The van der Waals surface area contributed by atoms with Crippen molar-refractivity contribution in [3.63, 3.8) is 0 Å². The summed E-state index contributed by atoms with van der Waals surface area (Å²) in [5, 5.41) is 3.37. The van der Waals surface area contributed by atoms with Gasteiger partial charge in [-0.25, -0.2) is 15.0 Å². The maximum absolute atomic E-state index is 5.78. The van der Waals surface area contributed by atoms with Crippen LogP contribution in [0.25, 0.3) is 0 Å². The number of rotatable bonds is 7. The summed E-state index contributed by atoms with van der Waals surface area (Å²) in [7, 11) is 1.65. The Hall–Kier alpha value is -2.30. The van der Waals surface area contributed by atoms with E-state index in [1.54, 1.807) is 19.5 Å². The Morgan fingerprint density at radius 2 is 1.83 bits per heavy atom. The minimum absolute atomic E-state index is 0. The van der Waals surface area contributed by atoms with Gasteiger partial charge in [0.2, 0.25) is 5.95 Å². The highest BCUT2D eigenvalue weighted by molar-refractivity contribution is 14.0. The largest absolute Gasteiger partial charge is 0.497 e. The first-order chi connectivity index (χ1) is 13.8. The van der Waals surface area contributed by atoms with Crippen LogP contribution in [0.3, 0.4) is 0 Å². The second-order valence-corrected chi connectivity index (χ2v) is 6.29.